The van der Waals surface area contributed by atoms with Crippen molar-refractivity contribution in [3.8, 4) is 0 Å². The van der Waals surface area contributed by atoms with Gasteiger partial charge in [0.1, 0.15) is 0 Å². The molecule has 5 heteroatoms. The molecule has 1 aromatic rings. The second kappa shape index (κ2) is 7.09. The first-order valence-corrected chi connectivity index (χ1v) is 6.55. The molecule has 0 aliphatic heterocycles. The Labute approximate surface area is 114 Å². The first-order chi connectivity index (χ1) is 8.95. The van der Waals surface area contributed by atoms with Gasteiger partial charge < -0.3 is 10.1 Å². The number of hydrogen-bond acceptors (Lipinski definition) is 4. The number of anilines is 1. The molecule has 0 bridgehead atoms. The Bertz CT molecular complexity index is 433. The smallest absolute Gasteiger partial charge is 0.274 e. The van der Waals surface area contributed by atoms with E-state index in [1.165, 1.54) is 0 Å². The molecule has 0 radical (unpaired) electrons. The number of hydrogen-bond donors (Lipinski definition) is 1. The summed E-state index contributed by atoms with van der Waals surface area (Å²) in [5.74, 6) is 0.381. The molecule has 106 valence electrons. The van der Waals surface area contributed by atoms with Crippen LogP contribution in [0.1, 0.15) is 26.3 Å². The number of nitrogens with one attached hydrogen (secondary N) is 1. The number of nitro groups is 1. The van der Waals surface area contributed by atoms with Gasteiger partial charge in [-0.15, -0.1) is 0 Å². The van der Waals surface area contributed by atoms with Gasteiger partial charge in [-0.1, -0.05) is 19.9 Å². The van der Waals surface area contributed by atoms with Crippen molar-refractivity contribution >= 4 is 11.4 Å². The highest BCUT2D eigenvalue weighted by Crippen LogP contribution is 2.23. The van der Waals surface area contributed by atoms with Gasteiger partial charge in [-0.25, -0.2) is 0 Å². The van der Waals surface area contributed by atoms with Crippen molar-refractivity contribution in [3.63, 3.8) is 0 Å². The lowest BCUT2D eigenvalue weighted by molar-refractivity contribution is -0.385. The SMILES string of the molecule is CCOCC(Nc1ccc(C)c([N+](=O)[O-])c1)C(C)C. The summed E-state index contributed by atoms with van der Waals surface area (Å²) in [5, 5.41) is 14.2. The first-order valence-electron chi connectivity index (χ1n) is 6.55. The van der Waals surface area contributed by atoms with Gasteiger partial charge in [0.25, 0.3) is 5.69 Å². The Hall–Kier alpha value is -1.62. The molecule has 0 spiro atoms. The minimum absolute atomic E-state index is 0.141. The standard InChI is InChI=1S/C14H22N2O3/c1-5-19-9-13(10(2)3)15-12-7-6-11(4)14(8-12)16(17)18/h6-8,10,13,15H,5,9H2,1-4H3. The van der Waals surface area contributed by atoms with E-state index in [0.29, 0.717) is 24.7 Å². The maximum atomic E-state index is 10.9. The third kappa shape index (κ3) is 4.52. The van der Waals surface area contributed by atoms with Crippen molar-refractivity contribution in [2.45, 2.75) is 33.7 Å². The molecule has 1 rings (SSSR count). The highest BCUT2D eigenvalue weighted by molar-refractivity contribution is 5.55. The molecule has 0 fully saturated rings. The van der Waals surface area contributed by atoms with Crippen LogP contribution in [0.15, 0.2) is 18.2 Å². The van der Waals surface area contributed by atoms with Gasteiger partial charge in [0.05, 0.1) is 17.6 Å². The largest absolute Gasteiger partial charge is 0.380 e. The predicted octanol–water partition coefficient (Wildman–Crippen LogP) is 3.38. The van der Waals surface area contributed by atoms with Gasteiger partial charge in [0.2, 0.25) is 0 Å². The van der Waals surface area contributed by atoms with Crippen molar-refractivity contribution in [1.29, 1.82) is 0 Å². The number of ether oxygens (including phenoxy) is 1. The van der Waals surface area contributed by atoms with E-state index in [4.69, 9.17) is 4.74 Å². The van der Waals surface area contributed by atoms with Crippen LogP contribution >= 0.6 is 0 Å². The second-order valence-corrected chi connectivity index (χ2v) is 4.91. The normalized spacial score (nSPS) is 12.5. The molecule has 1 unspecified atom stereocenters. The van der Waals surface area contributed by atoms with Crippen LogP contribution in [0, 0.1) is 23.0 Å². The lowest BCUT2D eigenvalue weighted by Crippen LogP contribution is -2.30. The van der Waals surface area contributed by atoms with Crippen LogP contribution in [0.2, 0.25) is 0 Å². The van der Waals surface area contributed by atoms with Gasteiger partial charge in [0, 0.05) is 23.9 Å². The van der Waals surface area contributed by atoms with Crippen molar-refractivity contribution in [2.24, 2.45) is 5.92 Å². The van der Waals surface area contributed by atoms with Crippen LogP contribution in [0.5, 0.6) is 0 Å². The summed E-state index contributed by atoms with van der Waals surface area (Å²) in [6.07, 6.45) is 0. The fourth-order valence-corrected chi connectivity index (χ4v) is 1.76. The maximum absolute atomic E-state index is 10.9. The van der Waals surface area contributed by atoms with E-state index in [0.717, 1.165) is 5.69 Å². The van der Waals surface area contributed by atoms with Gasteiger partial charge in [-0.05, 0) is 25.8 Å². The summed E-state index contributed by atoms with van der Waals surface area (Å²) in [6, 6.07) is 5.35. The van der Waals surface area contributed by atoms with Gasteiger partial charge in [-0.2, -0.15) is 0 Å². The monoisotopic (exact) mass is 266 g/mol. The molecule has 1 atom stereocenters. The van der Waals surface area contributed by atoms with Crippen LogP contribution in [0.25, 0.3) is 0 Å². The number of nitrogens with zero attached hydrogens (tertiary/aromatic N) is 1. The lowest BCUT2D eigenvalue weighted by Gasteiger charge is -2.23. The number of aryl methyl sites for hydroxylation is 1. The fraction of sp³-hybridized carbons (Fsp3) is 0.571. The van der Waals surface area contributed by atoms with Crippen LogP contribution in [-0.2, 0) is 4.74 Å². The zero-order chi connectivity index (χ0) is 14.4. The molecule has 1 N–H and O–H groups in total. The number of benzene rings is 1. The Balaban J connectivity index is 2.84. The minimum Gasteiger partial charge on any atom is -0.380 e. The van der Waals surface area contributed by atoms with E-state index in [1.807, 2.05) is 13.0 Å². The zero-order valence-corrected chi connectivity index (χ0v) is 12.0. The molecular formula is C14H22N2O3. The topological polar surface area (TPSA) is 64.4 Å². The van der Waals surface area contributed by atoms with E-state index in [2.05, 4.69) is 19.2 Å². The van der Waals surface area contributed by atoms with Crippen LogP contribution in [-0.4, -0.2) is 24.2 Å². The molecule has 0 saturated heterocycles. The molecule has 5 nitrogen and oxygen atoms in total. The number of nitro benzene ring substituents is 1. The third-order valence-electron chi connectivity index (χ3n) is 3.06. The molecule has 0 aliphatic carbocycles. The number of rotatable bonds is 7. The van der Waals surface area contributed by atoms with E-state index in [1.54, 1.807) is 19.1 Å². The Morgan fingerprint density at radius 3 is 2.63 bits per heavy atom. The summed E-state index contributed by atoms with van der Waals surface area (Å²) in [7, 11) is 0. The predicted molar refractivity (Wildman–Crippen MR) is 76.6 cm³/mol. The molecule has 0 saturated carbocycles. The fourth-order valence-electron chi connectivity index (χ4n) is 1.76. The quantitative estimate of drug-likeness (QED) is 0.607. The van der Waals surface area contributed by atoms with Crippen LogP contribution < -0.4 is 5.32 Å². The van der Waals surface area contributed by atoms with Crippen molar-refractivity contribution < 1.29 is 9.66 Å². The lowest BCUT2D eigenvalue weighted by atomic mass is 10.0. The van der Waals surface area contributed by atoms with Crippen LogP contribution in [0.4, 0.5) is 11.4 Å². The van der Waals surface area contributed by atoms with E-state index in [9.17, 15) is 10.1 Å². The van der Waals surface area contributed by atoms with Crippen LogP contribution in [0.3, 0.4) is 0 Å². The summed E-state index contributed by atoms with van der Waals surface area (Å²) >= 11 is 0. The van der Waals surface area contributed by atoms with Gasteiger partial charge in [0.15, 0.2) is 0 Å². The molecule has 0 aliphatic rings. The maximum Gasteiger partial charge on any atom is 0.274 e. The van der Waals surface area contributed by atoms with E-state index >= 15 is 0 Å². The Kier molecular flexibility index (Phi) is 5.76. The van der Waals surface area contributed by atoms with Crippen molar-refractivity contribution in [3.05, 3.63) is 33.9 Å². The Morgan fingerprint density at radius 2 is 2.11 bits per heavy atom. The molecule has 1 aromatic carbocycles. The Morgan fingerprint density at radius 1 is 1.42 bits per heavy atom. The average Bonchev–Trinajstić information content (AvgIpc) is 2.35. The third-order valence-corrected chi connectivity index (χ3v) is 3.06. The molecule has 0 amide bonds. The second-order valence-electron chi connectivity index (χ2n) is 4.91. The summed E-state index contributed by atoms with van der Waals surface area (Å²) in [4.78, 5) is 10.6. The van der Waals surface area contributed by atoms with Crippen molar-refractivity contribution in [2.75, 3.05) is 18.5 Å². The van der Waals surface area contributed by atoms with E-state index in [-0.39, 0.29) is 16.7 Å². The highest BCUT2D eigenvalue weighted by atomic mass is 16.6. The first kappa shape index (κ1) is 15.4. The molecular weight excluding hydrogens is 244 g/mol. The van der Waals surface area contributed by atoms with Gasteiger partial charge >= 0.3 is 0 Å². The molecule has 19 heavy (non-hydrogen) atoms. The summed E-state index contributed by atoms with van der Waals surface area (Å²) < 4.78 is 5.43. The summed E-state index contributed by atoms with van der Waals surface area (Å²) in [6.45, 7) is 9.14. The molecule has 0 heterocycles. The average molecular weight is 266 g/mol. The summed E-state index contributed by atoms with van der Waals surface area (Å²) in [5.41, 5.74) is 1.57. The van der Waals surface area contributed by atoms with E-state index < -0.39 is 0 Å². The highest BCUT2D eigenvalue weighted by Gasteiger charge is 2.16. The van der Waals surface area contributed by atoms with Crippen molar-refractivity contribution in [1.82, 2.24) is 0 Å². The molecule has 0 aromatic heterocycles. The zero-order valence-electron chi connectivity index (χ0n) is 12.0. The minimum atomic E-state index is -0.354. The van der Waals surface area contributed by atoms with Gasteiger partial charge in [-0.3, -0.25) is 10.1 Å².